The van der Waals surface area contributed by atoms with Crippen LogP contribution in [-0.2, 0) is 0 Å². The number of benzene rings is 1. The molecule has 3 nitrogen and oxygen atoms in total. The van der Waals surface area contributed by atoms with E-state index in [0.717, 1.165) is 30.9 Å². The van der Waals surface area contributed by atoms with Crippen molar-refractivity contribution in [2.24, 2.45) is 0 Å². The minimum absolute atomic E-state index is 0.0248. The first-order valence-corrected chi connectivity index (χ1v) is 11.9. The van der Waals surface area contributed by atoms with Crippen LogP contribution in [0.3, 0.4) is 0 Å². The number of unbranched alkanes of at least 4 members (excludes halogenated alkanes) is 3. The zero-order valence-corrected chi connectivity index (χ0v) is 16.7. The number of rotatable bonds is 9. The van der Waals surface area contributed by atoms with Crippen molar-refractivity contribution in [1.29, 1.82) is 0 Å². The molecule has 1 saturated heterocycles. The van der Waals surface area contributed by atoms with Gasteiger partial charge < -0.3 is 0 Å². The van der Waals surface area contributed by atoms with E-state index in [2.05, 4.69) is 6.92 Å². The van der Waals surface area contributed by atoms with Gasteiger partial charge in [-0.25, -0.2) is 9.59 Å². The minimum atomic E-state index is 0.0248. The molecule has 2 amide bonds. The number of carbonyl (C=O) groups excluding carboxylic acids is 2. The maximum atomic E-state index is 13.1. The molecule has 0 aromatic heterocycles. The number of fused-ring (bicyclic) bond motifs is 1. The van der Waals surface area contributed by atoms with Crippen LogP contribution in [0.1, 0.15) is 72.6 Å². The number of imide groups is 1. The van der Waals surface area contributed by atoms with E-state index < -0.39 is 0 Å². The molecule has 25 heavy (non-hydrogen) atoms. The van der Waals surface area contributed by atoms with Crippen molar-refractivity contribution in [2.75, 3.05) is 18.8 Å². The Morgan fingerprint density at radius 2 is 1.68 bits per heavy atom. The first-order valence-electron chi connectivity index (χ1n) is 9.53. The van der Waals surface area contributed by atoms with Crippen LogP contribution < -0.4 is 0 Å². The molecule has 0 spiro atoms. The third kappa shape index (κ3) is 3.99. The lowest BCUT2D eigenvalue weighted by Crippen LogP contribution is -2.54. The van der Waals surface area contributed by atoms with E-state index in [9.17, 15) is 9.59 Å². The summed E-state index contributed by atoms with van der Waals surface area (Å²) in [5.74, 6) is 1.33. The molecule has 0 radical (unpaired) electrons. The molecular formula is C20H28NO2S2+. The van der Waals surface area contributed by atoms with Gasteiger partial charge in [0.2, 0.25) is 0 Å². The average Bonchev–Trinajstić information content (AvgIpc) is 3.22. The maximum absolute atomic E-state index is 13.1. The van der Waals surface area contributed by atoms with Gasteiger partial charge in [-0.1, -0.05) is 53.5 Å². The largest absolute Gasteiger partial charge is 0.354 e. The van der Waals surface area contributed by atoms with Gasteiger partial charge in [-0.2, -0.15) is 4.48 Å². The van der Waals surface area contributed by atoms with Crippen LogP contribution in [0.4, 0.5) is 0 Å². The third-order valence-corrected chi connectivity index (χ3v) is 8.36. The lowest BCUT2D eigenvalue weighted by Gasteiger charge is -2.28. The van der Waals surface area contributed by atoms with Crippen LogP contribution in [0.15, 0.2) is 24.3 Å². The molecule has 2 aliphatic heterocycles. The first kappa shape index (κ1) is 19.0. The zero-order chi connectivity index (χ0) is 17.7. The second-order valence-corrected chi connectivity index (χ2v) is 9.89. The average molecular weight is 379 g/mol. The van der Waals surface area contributed by atoms with Crippen LogP contribution in [0, 0.1) is 0 Å². The molecule has 1 atom stereocenters. The van der Waals surface area contributed by atoms with Crippen molar-refractivity contribution in [3.05, 3.63) is 35.4 Å². The van der Waals surface area contributed by atoms with Crippen LogP contribution >= 0.6 is 21.6 Å². The number of hydrogen-bond donors (Lipinski definition) is 0. The predicted octanol–water partition coefficient (Wildman–Crippen LogP) is 5.31. The molecule has 1 aromatic rings. The fourth-order valence-electron chi connectivity index (χ4n) is 3.85. The van der Waals surface area contributed by atoms with Gasteiger partial charge in [0, 0.05) is 11.0 Å². The number of carbonyl (C=O) groups is 2. The fraction of sp³-hybridized carbons (Fsp3) is 0.600. The van der Waals surface area contributed by atoms with E-state index in [1.165, 1.54) is 25.0 Å². The Morgan fingerprint density at radius 3 is 2.28 bits per heavy atom. The molecule has 1 unspecified atom stereocenters. The highest BCUT2D eigenvalue weighted by molar-refractivity contribution is 8.77. The summed E-state index contributed by atoms with van der Waals surface area (Å²) in [6.45, 7) is 3.43. The van der Waals surface area contributed by atoms with E-state index in [0.29, 0.717) is 24.2 Å². The van der Waals surface area contributed by atoms with Gasteiger partial charge >= 0.3 is 11.8 Å². The summed E-state index contributed by atoms with van der Waals surface area (Å²) in [4.78, 5) is 26.1. The monoisotopic (exact) mass is 378 g/mol. The molecule has 1 aromatic carbocycles. The molecule has 0 saturated carbocycles. The molecule has 1 fully saturated rings. The summed E-state index contributed by atoms with van der Waals surface area (Å²) < 4.78 is 0.0290. The van der Waals surface area contributed by atoms with Crippen molar-refractivity contribution in [1.82, 2.24) is 0 Å². The van der Waals surface area contributed by atoms with E-state index in [-0.39, 0.29) is 16.3 Å². The SMILES string of the molecule is CCCC[N+]1(CCCCCC2CCSS2)C(=O)c2ccccc2C1=O. The highest BCUT2D eigenvalue weighted by atomic mass is 33.1. The Labute approximate surface area is 158 Å². The highest BCUT2D eigenvalue weighted by Gasteiger charge is 2.52. The lowest BCUT2D eigenvalue weighted by atomic mass is 10.1. The summed E-state index contributed by atoms with van der Waals surface area (Å²) in [5.41, 5.74) is 1.26. The zero-order valence-electron chi connectivity index (χ0n) is 15.0. The van der Waals surface area contributed by atoms with Gasteiger partial charge in [0.05, 0.1) is 24.2 Å². The Kier molecular flexibility index (Phi) is 6.64. The van der Waals surface area contributed by atoms with Crippen LogP contribution in [0.2, 0.25) is 0 Å². The molecule has 0 N–H and O–H groups in total. The summed E-state index contributed by atoms with van der Waals surface area (Å²) >= 11 is 0. The molecule has 2 heterocycles. The second-order valence-electron chi connectivity index (χ2n) is 7.10. The third-order valence-electron chi connectivity index (χ3n) is 5.35. The molecule has 0 bridgehead atoms. The van der Waals surface area contributed by atoms with Crippen molar-refractivity contribution in [3.8, 4) is 0 Å². The fourth-order valence-corrected chi connectivity index (χ4v) is 6.88. The van der Waals surface area contributed by atoms with Crippen molar-refractivity contribution >= 4 is 33.4 Å². The normalized spacial score (nSPS) is 21.7. The highest BCUT2D eigenvalue weighted by Crippen LogP contribution is 2.40. The number of quaternary nitrogens is 1. The van der Waals surface area contributed by atoms with E-state index >= 15 is 0 Å². The Bertz CT molecular complexity index is 591. The van der Waals surface area contributed by atoms with Gasteiger partial charge in [-0.05, 0) is 44.2 Å². The molecule has 5 heteroatoms. The summed E-state index contributed by atoms with van der Waals surface area (Å²) in [6.07, 6.45) is 7.81. The van der Waals surface area contributed by atoms with Crippen molar-refractivity contribution in [2.45, 2.75) is 57.1 Å². The van der Waals surface area contributed by atoms with Crippen LogP contribution in [0.25, 0.3) is 0 Å². The minimum Gasteiger partial charge on any atom is -0.225 e. The van der Waals surface area contributed by atoms with Gasteiger partial charge in [0.15, 0.2) is 0 Å². The number of nitrogens with zero attached hydrogens (tertiary/aromatic N) is 1. The van der Waals surface area contributed by atoms with Gasteiger partial charge in [-0.3, -0.25) is 0 Å². The van der Waals surface area contributed by atoms with Crippen molar-refractivity contribution < 1.29 is 14.1 Å². The predicted molar refractivity (Wildman–Crippen MR) is 107 cm³/mol. The molecule has 0 aliphatic carbocycles. The molecule has 2 aliphatic rings. The van der Waals surface area contributed by atoms with Crippen LogP contribution in [0.5, 0.6) is 0 Å². The van der Waals surface area contributed by atoms with E-state index in [4.69, 9.17) is 0 Å². The quantitative estimate of drug-likeness (QED) is 0.252. The summed E-state index contributed by atoms with van der Waals surface area (Å²) in [6, 6.07) is 7.36. The van der Waals surface area contributed by atoms with E-state index in [1.807, 2.05) is 45.9 Å². The molecule has 136 valence electrons. The van der Waals surface area contributed by atoms with Gasteiger partial charge in [0.1, 0.15) is 0 Å². The van der Waals surface area contributed by atoms with E-state index in [1.54, 1.807) is 0 Å². The number of amides is 2. The standard InChI is InChI=1S/C20H28NO2S2/c1-2-3-13-21(14-8-4-5-9-16-12-15-24-25-16)19(22)17-10-6-7-11-18(17)20(21)23/h6-7,10-11,16H,2-5,8-9,12-15H2,1H3/q+1. The first-order chi connectivity index (χ1) is 12.2. The summed E-state index contributed by atoms with van der Waals surface area (Å²) in [5, 5.41) is 0.813. The van der Waals surface area contributed by atoms with Gasteiger partial charge in [-0.15, -0.1) is 0 Å². The topological polar surface area (TPSA) is 34.1 Å². The molecule has 3 rings (SSSR count). The lowest BCUT2D eigenvalue weighted by molar-refractivity contribution is -0.764. The number of hydrogen-bond acceptors (Lipinski definition) is 4. The second kappa shape index (κ2) is 8.74. The van der Waals surface area contributed by atoms with Crippen molar-refractivity contribution in [3.63, 3.8) is 0 Å². The van der Waals surface area contributed by atoms with Gasteiger partial charge in [0.25, 0.3) is 0 Å². The Hall–Kier alpha value is -0.780. The maximum Gasteiger partial charge on any atom is 0.354 e. The Morgan fingerprint density at radius 1 is 1.00 bits per heavy atom. The molecular weight excluding hydrogens is 350 g/mol. The van der Waals surface area contributed by atoms with Crippen LogP contribution in [-0.4, -0.2) is 40.4 Å². The summed E-state index contributed by atoms with van der Waals surface area (Å²) in [7, 11) is 4.03. The smallest absolute Gasteiger partial charge is 0.225 e. The Balaban J connectivity index is 1.61.